The highest BCUT2D eigenvalue weighted by molar-refractivity contribution is 8.00. The number of β-lactam (4-membered cyclic amide) rings is 2. The third-order valence-electron chi connectivity index (χ3n) is 7.83. The number of nitrogens with two attached hydrogens (primary N) is 1. The maximum absolute atomic E-state index is 13.1. The Morgan fingerprint density at radius 2 is 1.94 bits per heavy atom. The van der Waals surface area contributed by atoms with Gasteiger partial charge >= 0.3 is 11.9 Å². The van der Waals surface area contributed by atoms with Crippen LogP contribution in [0.5, 0.6) is 0 Å². The number of carboxylic acids is 3. The molecule has 4 aliphatic heterocycles. The van der Waals surface area contributed by atoms with Crippen molar-refractivity contribution in [3.05, 3.63) is 64.8 Å². The number of aliphatic carboxylic acids is 3. The Bertz CT molecular complexity index is 1860. The first kappa shape index (κ1) is 36.7. The van der Waals surface area contributed by atoms with Crippen molar-refractivity contribution < 1.29 is 63.3 Å². The molecule has 3 amide bonds. The predicted molar refractivity (Wildman–Crippen MR) is 172 cm³/mol. The highest BCUT2D eigenvalue weighted by Gasteiger charge is 2.54. The maximum Gasteiger partial charge on any atom is 0.350 e. The van der Waals surface area contributed by atoms with Crippen molar-refractivity contribution >= 4 is 69.6 Å². The first-order valence-corrected chi connectivity index (χ1v) is 16.9. The quantitative estimate of drug-likeness (QED) is 0.0694. The van der Waals surface area contributed by atoms with Gasteiger partial charge in [-0.25, -0.2) is 19.1 Å². The molecule has 3 fully saturated rings. The van der Waals surface area contributed by atoms with Crippen LogP contribution in [-0.4, -0.2) is 113 Å². The molecule has 51 heavy (non-hydrogen) atoms. The number of aliphatic hydroxyl groups excluding tert-OH is 1. The highest BCUT2D eigenvalue weighted by atomic mass is 32.2. The number of ether oxygens (including phenoxy) is 1. The number of rotatable bonds is 11. The van der Waals surface area contributed by atoms with Gasteiger partial charge in [0.15, 0.2) is 42.1 Å². The number of carbonyl (C=O) groups excluding carboxylic acids is 4. The monoisotopic (exact) mass is 745 g/mol. The van der Waals surface area contributed by atoms with Crippen molar-refractivity contribution in [3.8, 4) is 0 Å². The zero-order chi connectivity index (χ0) is 37.2. The number of anilines is 1. The lowest BCUT2D eigenvalue weighted by Gasteiger charge is -2.50. The Balaban J connectivity index is 0.000000299. The molecule has 21 heteroatoms. The van der Waals surface area contributed by atoms with Gasteiger partial charge < -0.3 is 45.8 Å². The zero-order valence-electron chi connectivity index (χ0n) is 26.8. The molecule has 0 bridgehead atoms. The van der Waals surface area contributed by atoms with Crippen LogP contribution in [0.15, 0.2) is 64.2 Å². The van der Waals surface area contributed by atoms with E-state index in [-0.39, 0.29) is 53.5 Å². The average Bonchev–Trinajstić information content (AvgIpc) is 3.64. The van der Waals surface area contributed by atoms with Crippen molar-refractivity contribution in [2.45, 2.75) is 56.1 Å². The highest BCUT2D eigenvalue weighted by Crippen LogP contribution is 2.40. The number of nitrogens with zero attached hydrogens (tertiary/aromatic N) is 5. The number of hydrogen-bond donors (Lipinski definition) is 5. The molecule has 0 aliphatic carbocycles. The van der Waals surface area contributed by atoms with E-state index in [2.05, 4.69) is 15.5 Å². The molecule has 0 spiro atoms. The lowest BCUT2D eigenvalue weighted by molar-refractivity contribution is -0.689. The summed E-state index contributed by atoms with van der Waals surface area (Å²) in [5.41, 5.74) is 3.83. The van der Waals surface area contributed by atoms with E-state index in [0.29, 0.717) is 11.3 Å². The molecule has 6 N–H and O–H groups in total. The number of thioether (sulfide) groups is 1. The van der Waals surface area contributed by atoms with E-state index in [4.69, 9.17) is 25.5 Å². The fourth-order valence-electron chi connectivity index (χ4n) is 5.22. The zero-order valence-corrected chi connectivity index (χ0v) is 28.5. The summed E-state index contributed by atoms with van der Waals surface area (Å²) in [5, 5.41) is 45.9. The fraction of sp³-hybridized carbons (Fsp3) is 0.367. The maximum atomic E-state index is 13.1. The normalized spacial score (nSPS) is 23.2. The van der Waals surface area contributed by atoms with Crippen molar-refractivity contribution in [2.75, 3.05) is 18.1 Å². The number of aromatic nitrogens is 2. The molecule has 4 atom stereocenters. The lowest BCUT2D eigenvalue weighted by atomic mass is 10.0. The third-order valence-corrected chi connectivity index (χ3v) is 9.84. The second-order valence-electron chi connectivity index (χ2n) is 11.7. The van der Waals surface area contributed by atoms with Crippen molar-refractivity contribution in [1.82, 2.24) is 20.1 Å². The van der Waals surface area contributed by atoms with Crippen LogP contribution in [0.2, 0.25) is 0 Å². The van der Waals surface area contributed by atoms with Gasteiger partial charge in [-0.1, -0.05) is 11.2 Å². The van der Waals surface area contributed by atoms with Gasteiger partial charge in [0, 0.05) is 28.8 Å². The van der Waals surface area contributed by atoms with E-state index in [9.17, 15) is 39.0 Å². The van der Waals surface area contributed by atoms with E-state index in [0.717, 1.165) is 16.2 Å². The Morgan fingerprint density at radius 3 is 2.51 bits per heavy atom. The molecular formula is C30H31N7O12S2. The van der Waals surface area contributed by atoms with E-state index in [1.54, 1.807) is 29.1 Å². The van der Waals surface area contributed by atoms with Gasteiger partial charge in [0.2, 0.25) is 11.5 Å². The van der Waals surface area contributed by atoms with Crippen LogP contribution in [-0.2, 0) is 44.9 Å². The summed E-state index contributed by atoms with van der Waals surface area (Å²) in [5.74, 6) is -5.23. The SMILES string of the molecule is CC(C)(O/N=C(/C(=O)N[C@@H]1C(=O)N2C(C(=O)[O-])=C(C[n+]3ccccc3)CS[C@H]12)c1csc(N)n1)C(=O)O.O=C(O)[C@H]1/C(=C/CO)O[C@@H]2CC(=O)N21. The lowest BCUT2D eigenvalue weighted by Crippen LogP contribution is -2.71. The largest absolute Gasteiger partial charge is 0.543 e. The number of fused-ring (bicyclic) bond motifs is 2. The number of hydrogen-bond acceptors (Lipinski definition) is 15. The van der Waals surface area contributed by atoms with E-state index < -0.39 is 59.0 Å². The Hall–Kier alpha value is -5.54. The first-order chi connectivity index (χ1) is 24.1. The number of thiazole rings is 1. The van der Waals surface area contributed by atoms with Gasteiger partial charge in [0.05, 0.1) is 24.7 Å². The van der Waals surface area contributed by atoms with E-state index in [1.807, 2.05) is 6.07 Å². The number of aliphatic hydroxyl groups is 1. The molecule has 0 aromatic carbocycles. The second kappa shape index (κ2) is 14.7. The summed E-state index contributed by atoms with van der Waals surface area (Å²) in [4.78, 5) is 82.7. The minimum atomic E-state index is -1.75. The minimum absolute atomic E-state index is 0.0265. The number of carboxylic acid groups (broad SMARTS) is 3. The van der Waals surface area contributed by atoms with Crippen LogP contribution >= 0.6 is 23.1 Å². The molecule has 3 saturated heterocycles. The van der Waals surface area contributed by atoms with Gasteiger partial charge in [-0.05, 0) is 19.9 Å². The Morgan fingerprint density at radius 1 is 1.24 bits per heavy atom. The molecule has 2 aromatic heterocycles. The summed E-state index contributed by atoms with van der Waals surface area (Å²) < 4.78 is 6.95. The van der Waals surface area contributed by atoms with Gasteiger partial charge in [0.1, 0.15) is 22.9 Å². The second-order valence-corrected chi connectivity index (χ2v) is 13.7. The number of nitrogens with one attached hydrogen (secondary N) is 1. The molecule has 270 valence electrons. The Kier molecular flexibility index (Phi) is 10.6. The minimum Gasteiger partial charge on any atom is -0.543 e. The molecule has 0 saturated carbocycles. The third kappa shape index (κ3) is 7.49. The van der Waals surface area contributed by atoms with Gasteiger partial charge in [-0.15, -0.1) is 23.1 Å². The molecule has 0 radical (unpaired) electrons. The average molecular weight is 746 g/mol. The number of amides is 3. The van der Waals surface area contributed by atoms with Crippen molar-refractivity contribution in [3.63, 3.8) is 0 Å². The molecule has 6 rings (SSSR count). The summed E-state index contributed by atoms with van der Waals surface area (Å²) in [6.45, 7) is 2.45. The molecule has 4 aliphatic rings. The van der Waals surface area contributed by atoms with Crippen LogP contribution < -0.4 is 20.7 Å². The standard InChI is InChI=1S/C22H22N6O7S2.C8H9NO5/c1-22(2,20(33)34)35-26-13(12-10-37-21(23)24-12)16(29)25-14-17(30)28-15(19(31)32)11(9-36-18(14)28)8-27-6-4-3-5-7-27;10-2-1-4-7(8(12)13)9-5(11)3-6(9)14-4/h3-7,10,14,18H,8-9H2,1-2H3,(H4-,23,24,25,29,31,32,33,34);1,6-7,10H,2-3H2,(H,12,13)/b26-13+;4-1-/t14-,18-;6-,7-/m11/s1. The Labute approximate surface area is 296 Å². The van der Waals surface area contributed by atoms with Gasteiger partial charge in [0.25, 0.3) is 11.8 Å². The number of nitrogen functional groups attached to an aromatic ring is 1. The molecule has 19 nitrogen and oxygen atoms in total. The molecule has 2 aromatic rings. The van der Waals surface area contributed by atoms with Crippen molar-refractivity contribution in [1.29, 1.82) is 0 Å². The summed E-state index contributed by atoms with van der Waals surface area (Å²) in [6, 6.07) is 3.30. The van der Waals surface area contributed by atoms with Crippen LogP contribution in [0.25, 0.3) is 0 Å². The molecule has 6 heterocycles. The number of pyridine rings is 1. The van der Waals surface area contributed by atoms with E-state index >= 15 is 0 Å². The predicted octanol–water partition coefficient (Wildman–Crippen LogP) is -2.39. The summed E-state index contributed by atoms with van der Waals surface area (Å²) in [7, 11) is 0. The van der Waals surface area contributed by atoms with Gasteiger partial charge in [-0.3, -0.25) is 24.2 Å². The molecule has 0 unspecified atom stereocenters. The van der Waals surface area contributed by atoms with Gasteiger partial charge in [-0.2, -0.15) is 0 Å². The first-order valence-electron chi connectivity index (χ1n) is 15.0. The smallest absolute Gasteiger partial charge is 0.350 e. The number of carbonyl (C=O) groups is 6. The summed E-state index contributed by atoms with van der Waals surface area (Å²) in [6.07, 6.45) is 4.58. The van der Waals surface area contributed by atoms with E-state index in [1.165, 1.54) is 42.0 Å². The topological polar surface area (TPSA) is 278 Å². The molecular weight excluding hydrogens is 715 g/mol. The van der Waals surface area contributed by atoms with Crippen molar-refractivity contribution in [2.24, 2.45) is 5.16 Å². The fourth-order valence-corrected chi connectivity index (χ4v) is 7.10. The summed E-state index contributed by atoms with van der Waals surface area (Å²) >= 11 is 2.32. The van der Waals surface area contributed by atoms with Crippen LogP contribution in [0, 0.1) is 0 Å². The number of oxime groups is 1. The van der Waals surface area contributed by atoms with Crippen LogP contribution in [0.4, 0.5) is 5.13 Å². The van der Waals surface area contributed by atoms with Crippen LogP contribution in [0.1, 0.15) is 26.0 Å². The van der Waals surface area contributed by atoms with Crippen LogP contribution in [0.3, 0.4) is 0 Å².